The summed E-state index contributed by atoms with van der Waals surface area (Å²) >= 11 is 0. The number of benzene rings is 3. The molecule has 0 saturated heterocycles. The van der Waals surface area contributed by atoms with E-state index in [1.54, 1.807) is 36.4 Å². The number of aromatic amines is 1. The zero-order valence-corrected chi connectivity index (χ0v) is 17.4. The van der Waals surface area contributed by atoms with Crippen LogP contribution in [0.15, 0.2) is 82.7 Å². The molecule has 0 spiro atoms. The lowest BCUT2D eigenvalue weighted by Crippen LogP contribution is -2.26. The van der Waals surface area contributed by atoms with Gasteiger partial charge in [0, 0.05) is 12.1 Å². The number of nitro groups is 1. The lowest BCUT2D eigenvalue weighted by molar-refractivity contribution is -0.384. The van der Waals surface area contributed by atoms with Crippen LogP contribution >= 0.6 is 0 Å². The number of aliphatic hydroxyl groups excluding tert-OH is 1. The van der Waals surface area contributed by atoms with Crippen LogP contribution in [0, 0.1) is 10.1 Å². The minimum absolute atomic E-state index is 0.0227. The predicted octanol–water partition coefficient (Wildman–Crippen LogP) is 3.39. The fourth-order valence-electron chi connectivity index (χ4n) is 3.19. The van der Waals surface area contributed by atoms with Crippen molar-refractivity contribution in [3.8, 4) is 5.75 Å². The Bertz CT molecular complexity index is 1380. The van der Waals surface area contributed by atoms with E-state index in [0.29, 0.717) is 22.5 Å². The van der Waals surface area contributed by atoms with E-state index in [1.165, 1.54) is 25.3 Å². The van der Waals surface area contributed by atoms with Gasteiger partial charge >= 0.3 is 0 Å². The summed E-state index contributed by atoms with van der Waals surface area (Å²) in [6, 6.07) is 19.6. The molecule has 0 amide bonds. The molecule has 166 valence electrons. The van der Waals surface area contributed by atoms with Crippen LogP contribution in [0.5, 0.6) is 5.75 Å². The number of hydrazone groups is 1. The van der Waals surface area contributed by atoms with E-state index in [9.17, 15) is 20.0 Å². The summed E-state index contributed by atoms with van der Waals surface area (Å²) in [5.41, 5.74) is 3.49. The number of para-hydroxylation sites is 1. The molecule has 1 heterocycles. The summed E-state index contributed by atoms with van der Waals surface area (Å²) in [5.74, 6) is 0.607. The third kappa shape index (κ3) is 4.70. The number of nitro benzene ring substituents is 1. The van der Waals surface area contributed by atoms with E-state index in [0.717, 1.165) is 0 Å². The lowest BCUT2D eigenvalue weighted by Gasteiger charge is -2.15. The van der Waals surface area contributed by atoms with Crippen LogP contribution in [0.25, 0.3) is 11.0 Å². The van der Waals surface area contributed by atoms with E-state index in [1.807, 2.05) is 18.2 Å². The average molecular weight is 445 g/mol. The molecule has 0 radical (unpaired) electrons. The van der Waals surface area contributed by atoms with Gasteiger partial charge in [0.15, 0.2) is 5.69 Å². The van der Waals surface area contributed by atoms with Gasteiger partial charge in [-0.05, 0) is 35.9 Å². The van der Waals surface area contributed by atoms with Gasteiger partial charge in [0.05, 0.1) is 28.8 Å². The zero-order valence-electron chi connectivity index (χ0n) is 17.4. The van der Waals surface area contributed by atoms with Crippen molar-refractivity contribution in [3.05, 3.63) is 105 Å². The number of H-pyrrole nitrogens is 1. The fraction of sp³-hybridized carbons (Fsp3) is 0.0870. The van der Waals surface area contributed by atoms with Crippen LogP contribution in [-0.2, 0) is 0 Å². The number of non-ortho nitro benzene ring substituents is 1. The molecule has 4 rings (SSSR count). The van der Waals surface area contributed by atoms with Gasteiger partial charge < -0.3 is 14.8 Å². The standard InChI is InChI=1S/C23H19N5O5/c1-33-17-10-7-14(8-11-17)22(29)20(27-26-15-5-3-2-4-6-15)21-23(30)25-19-13-16(28(31)32)9-12-18(19)24-21/h2-13,22,26,29H,1H3,(H,25,30)/b27-20+/t22-/m0/s1. The largest absolute Gasteiger partial charge is 0.497 e. The molecule has 3 aromatic carbocycles. The maximum atomic E-state index is 12.9. The van der Waals surface area contributed by atoms with Gasteiger partial charge in [-0.25, -0.2) is 4.98 Å². The second-order valence-corrected chi connectivity index (χ2v) is 7.02. The van der Waals surface area contributed by atoms with Gasteiger partial charge in [-0.1, -0.05) is 30.3 Å². The topological polar surface area (TPSA) is 143 Å². The third-order valence-electron chi connectivity index (χ3n) is 4.90. The molecule has 0 fully saturated rings. The summed E-state index contributed by atoms with van der Waals surface area (Å²) in [6.45, 7) is 0. The quantitative estimate of drug-likeness (QED) is 0.225. The third-order valence-corrected chi connectivity index (χ3v) is 4.90. The minimum Gasteiger partial charge on any atom is -0.497 e. The van der Waals surface area contributed by atoms with Gasteiger partial charge in [-0.2, -0.15) is 5.10 Å². The summed E-state index contributed by atoms with van der Waals surface area (Å²) in [5, 5.41) is 26.4. The Labute approximate surface area is 187 Å². The van der Waals surface area contributed by atoms with Crippen molar-refractivity contribution in [1.29, 1.82) is 0 Å². The van der Waals surface area contributed by atoms with Crippen molar-refractivity contribution in [2.24, 2.45) is 5.10 Å². The highest BCUT2D eigenvalue weighted by Crippen LogP contribution is 2.22. The normalized spacial score (nSPS) is 12.4. The number of anilines is 1. The Hall–Kier alpha value is -4.57. The number of fused-ring (bicyclic) bond motifs is 1. The summed E-state index contributed by atoms with van der Waals surface area (Å²) in [6.07, 6.45) is -1.30. The number of aromatic nitrogens is 2. The SMILES string of the molecule is COc1ccc([C@H](O)/C(=N/Nc2ccccc2)c2nc3ccc([N+](=O)[O-])cc3[nH]c2=O)cc1. The minimum atomic E-state index is -1.30. The number of nitrogens with zero attached hydrogens (tertiary/aromatic N) is 3. The highest BCUT2D eigenvalue weighted by atomic mass is 16.6. The Balaban J connectivity index is 1.81. The first-order valence-electron chi connectivity index (χ1n) is 9.86. The molecule has 0 bridgehead atoms. The number of hydrogen-bond acceptors (Lipinski definition) is 8. The first-order valence-corrected chi connectivity index (χ1v) is 9.86. The maximum absolute atomic E-state index is 12.9. The highest BCUT2D eigenvalue weighted by molar-refractivity contribution is 6.03. The Morgan fingerprint density at radius 2 is 1.88 bits per heavy atom. The number of rotatable bonds is 7. The molecular formula is C23H19N5O5. The van der Waals surface area contributed by atoms with Crippen LogP contribution in [0.2, 0.25) is 0 Å². The highest BCUT2D eigenvalue weighted by Gasteiger charge is 2.23. The van der Waals surface area contributed by atoms with Crippen molar-refractivity contribution in [3.63, 3.8) is 0 Å². The monoisotopic (exact) mass is 445 g/mol. The first kappa shape index (κ1) is 21.7. The number of aliphatic hydroxyl groups is 1. The van der Waals surface area contributed by atoms with E-state index < -0.39 is 16.6 Å². The maximum Gasteiger partial charge on any atom is 0.276 e. The van der Waals surface area contributed by atoms with Gasteiger partial charge in [-0.3, -0.25) is 20.3 Å². The molecule has 1 atom stereocenters. The molecule has 0 unspecified atom stereocenters. The van der Waals surface area contributed by atoms with Gasteiger partial charge in [0.1, 0.15) is 17.6 Å². The molecule has 0 aliphatic rings. The van der Waals surface area contributed by atoms with Crippen molar-refractivity contribution in [1.82, 2.24) is 9.97 Å². The lowest BCUT2D eigenvalue weighted by atomic mass is 10.0. The molecule has 33 heavy (non-hydrogen) atoms. The van der Waals surface area contributed by atoms with Crippen molar-refractivity contribution >= 4 is 28.1 Å². The number of methoxy groups -OCH3 is 1. The molecule has 0 saturated carbocycles. The van der Waals surface area contributed by atoms with Crippen LogP contribution < -0.4 is 15.7 Å². The fourth-order valence-corrected chi connectivity index (χ4v) is 3.19. The second kappa shape index (κ2) is 9.28. The van der Waals surface area contributed by atoms with Gasteiger partial charge in [0.2, 0.25) is 0 Å². The summed E-state index contributed by atoms with van der Waals surface area (Å²) in [4.78, 5) is 30.3. The Morgan fingerprint density at radius 3 is 2.55 bits per heavy atom. The average Bonchev–Trinajstić information content (AvgIpc) is 2.84. The van der Waals surface area contributed by atoms with E-state index in [-0.39, 0.29) is 22.6 Å². The van der Waals surface area contributed by atoms with Crippen molar-refractivity contribution in [2.45, 2.75) is 6.10 Å². The summed E-state index contributed by atoms with van der Waals surface area (Å²) in [7, 11) is 1.53. The summed E-state index contributed by atoms with van der Waals surface area (Å²) < 4.78 is 5.15. The molecule has 4 aromatic rings. The molecule has 0 aliphatic heterocycles. The van der Waals surface area contributed by atoms with Crippen LogP contribution in [0.4, 0.5) is 11.4 Å². The molecule has 10 heteroatoms. The van der Waals surface area contributed by atoms with E-state index in [2.05, 4.69) is 20.5 Å². The molecular weight excluding hydrogens is 426 g/mol. The Kier molecular flexibility index (Phi) is 6.09. The van der Waals surface area contributed by atoms with Crippen molar-refractivity contribution < 1.29 is 14.8 Å². The zero-order chi connectivity index (χ0) is 23.4. The first-order chi connectivity index (χ1) is 16.0. The molecule has 0 aliphatic carbocycles. The molecule has 3 N–H and O–H groups in total. The van der Waals surface area contributed by atoms with Crippen LogP contribution in [-0.4, -0.2) is 32.8 Å². The molecule has 10 nitrogen and oxygen atoms in total. The van der Waals surface area contributed by atoms with Crippen molar-refractivity contribution in [2.75, 3.05) is 12.5 Å². The predicted molar refractivity (Wildman–Crippen MR) is 124 cm³/mol. The number of ether oxygens (including phenoxy) is 1. The van der Waals surface area contributed by atoms with Gasteiger partial charge in [0.25, 0.3) is 11.2 Å². The number of hydrogen-bond donors (Lipinski definition) is 3. The van der Waals surface area contributed by atoms with Gasteiger partial charge in [-0.15, -0.1) is 0 Å². The van der Waals surface area contributed by atoms with Crippen LogP contribution in [0.3, 0.4) is 0 Å². The Morgan fingerprint density at radius 1 is 1.15 bits per heavy atom. The van der Waals surface area contributed by atoms with E-state index in [4.69, 9.17) is 4.74 Å². The number of nitrogens with one attached hydrogen (secondary N) is 2. The molecule has 1 aromatic heterocycles. The second-order valence-electron chi connectivity index (χ2n) is 7.02. The smallest absolute Gasteiger partial charge is 0.276 e. The van der Waals surface area contributed by atoms with Crippen LogP contribution in [0.1, 0.15) is 17.4 Å². The van der Waals surface area contributed by atoms with E-state index >= 15 is 0 Å².